The van der Waals surface area contributed by atoms with Crippen LogP contribution in [-0.2, 0) is 6.54 Å². The number of benzene rings is 1. The van der Waals surface area contributed by atoms with Crippen molar-refractivity contribution in [3.63, 3.8) is 0 Å². The van der Waals surface area contributed by atoms with Gasteiger partial charge in [0.2, 0.25) is 0 Å². The van der Waals surface area contributed by atoms with Gasteiger partial charge in [-0.1, -0.05) is 18.2 Å². The molecule has 0 saturated heterocycles. The molecule has 70 valence electrons. The van der Waals surface area contributed by atoms with Gasteiger partial charge in [0.25, 0.3) is 0 Å². The summed E-state index contributed by atoms with van der Waals surface area (Å²) in [6.07, 6.45) is 2.42. The minimum Gasteiger partial charge on any atom is -0.307 e. The van der Waals surface area contributed by atoms with Gasteiger partial charge in [0.15, 0.2) is 0 Å². The summed E-state index contributed by atoms with van der Waals surface area (Å²) in [4.78, 5) is 0. The summed E-state index contributed by atoms with van der Waals surface area (Å²) in [5.41, 5.74) is 1.04. The highest BCUT2D eigenvalue weighted by Gasteiger charge is 2.36. The molecule has 1 aromatic rings. The van der Waals surface area contributed by atoms with Crippen molar-refractivity contribution in [2.24, 2.45) is 0 Å². The topological polar surface area (TPSA) is 12.0 Å². The van der Waals surface area contributed by atoms with Gasteiger partial charge in [-0.2, -0.15) is 0 Å². The molecule has 0 amide bonds. The molecule has 0 spiro atoms. The fraction of sp³-hybridized carbons (Fsp3) is 0.455. The van der Waals surface area contributed by atoms with Gasteiger partial charge in [0.05, 0.1) is 0 Å². The highest BCUT2D eigenvalue weighted by Crippen LogP contribution is 2.34. The summed E-state index contributed by atoms with van der Waals surface area (Å²) < 4.78 is 13.1. The van der Waals surface area contributed by atoms with Crippen molar-refractivity contribution >= 4 is 0 Å². The van der Waals surface area contributed by atoms with Gasteiger partial charge in [-0.05, 0) is 25.8 Å². The van der Waals surface area contributed by atoms with E-state index in [2.05, 4.69) is 12.2 Å². The molecule has 0 bridgehead atoms. The summed E-state index contributed by atoms with van der Waals surface area (Å²) in [5, 5.41) is 3.35. The molecule has 1 fully saturated rings. The third-order valence-corrected chi connectivity index (χ3v) is 2.66. The van der Waals surface area contributed by atoms with Crippen LogP contribution in [-0.4, -0.2) is 5.54 Å². The molecule has 0 unspecified atom stereocenters. The Bertz CT molecular complexity index is 305. The summed E-state index contributed by atoms with van der Waals surface area (Å²) in [5.74, 6) is -0.112. The number of halogens is 1. The number of rotatable bonds is 3. The Morgan fingerprint density at radius 2 is 2.08 bits per heavy atom. The number of hydrogen-bond acceptors (Lipinski definition) is 1. The first-order chi connectivity index (χ1) is 6.20. The minimum atomic E-state index is -0.112. The Kier molecular flexibility index (Phi) is 2.08. The van der Waals surface area contributed by atoms with Gasteiger partial charge in [-0.25, -0.2) is 4.39 Å². The van der Waals surface area contributed by atoms with Crippen LogP contribution in [0.1, 0.15) is 25.3 Å². The van der Waals surface area contributed by atoms with Gasteiger partial charge in [0, 0.05) is 17.6 Å². The summed E-state index contributed by atoms with van der Waals surface area (Å²) in [6.45, 7) is 2.82. The van der Waals surface area contributed by atoms with Crippen molar-refractivity contribution in [3.8, 4) is 0 Å². The van der Waals surface area contributed by atoms with Crippen LogP contribution in [0.2, 0.25) is 0 Å². The minimum absolute atomic E-state index is 0.112. The Balaban J connectivity index is 1.97. The summed E-state index contributed by atoms with van der Waals surface area (Å²) in [7, 11) is 0. The summed E-state index contributed by atoms with van der Waals surface area (Å²) >= 11 is 0. The molecule has 13 heavy (non-hydrogen) atoms. The monoisotopic (exact) mass is 179 g/mol. The highest BCUT2D eigenvalue weighted by molar-refractivity contribution is 5.17. The molecule has 1 nitrogen and oxygen atoms in total. The smallest absolute Gasteiger partial charge is 0.127 e. The van der Waals surface area contributed by atoms with Gasteiger partial charge in [-0.3, -0.25) is 0 Å². The molecule has 1 aliphatic carbocycles. The van der Waals surface area contributed by atoms with Crippen molar-refractivity contribution < 1.29 is 4.39 Å². The lowest BCUT2D eigenvalue weighted by Gasteiger charge is -2.11. The van der Waals surface area contributed by atoms with E-state index in [4.69, 9.17) is 0 Å². The predicted octanol–water partition coefficient (Wildman–Crippen LogP) is 2.47. The zero-order chi connectivity index (χ0) is 9.31. The molecule has 1 saturated carbocycles. The Morgan fingerprint density at radius 3 is 2.69 bits per heavy atom. The Hall–Kier alpha value is -0.890. The summed E-state index contributed by atoms with van der Waals surface area (Å²) in [6, 6.07) is 6.92. The molecule has 1 aromatic carbocycles. The molecular weight excluding hydrogens is 165 g/mol. The van der Waals surface area contributed by atoms with E-state index >= 15 is 0 Å². The fourth-order valence-electron chi connectivity index (χ4n) is 1.31. The first-order valence-corrected chi connectivity index (χ1v) is 4.68. The van der Waals surface area contributed by atoms with Crippen molar-refractivity contribution in [3.05, 3.63) is 35.6 Å². The maximum absolute atomic E-state index is 13.1. The second-order valence-electron chi connectivity index (χ2n) is 4.01. The molecule has 2 heteroatoms. The van der Waals surface area contributed by atoms with Gasteiger partial charge in [0.1, 0.15) is 5.82 Å². The van der Waals surface area contributed by atoms with E-state index in [1.165, 1.54) is 18.9 Å². The maximum atomic E-state index is 13.1. The molecule has 0 heterocycles. The Morgan fingerprint density at radius 1 is 1.38 bits per heavy atom. The SMILES string of the molecule is CC1(NCc2ccccc2F)CC1. The van der Waals surface area contributed by atoms with Crippen molar-refractivity contribution in [1.29, 1.82) is 0 Å². The highest BCUT2D eigenvalue weighted by atomic mass is 19.1. The number of nitrogens with one attached hydrogen (secondary N) is 1. The molecule has 0 atom stereocenters. The van der Waals surface area contributed by atoms with Gasteiger partial charge >= 0.3 is 0 Å². The van der Waals surface area contributed by atoms with Crippen LogP contribution in [0, 0.1) is 5.82 Å². The van der Waals surface area contributed by atoms with Crippen LogP contribution in [0.25, 0.3) is 0 Å². The first kappa shape index (κ1) is 8.70. The molecule has 1 aliphatic rings. The lowest BCUT2D eigenvalue weighted by molar-refractivity contribution is 0.518. The van der Waals surface area contributed by atoms with Crippen molar-refractivity contribution in [2.75, 3.05) is 0 Å². The molecule has 2 rings (SSSR count). The van der Waals surface area contributed by atoms with Crippen LogP contribution < -0.4 is 5.32 Å². The zero-order valence-electron chi connectivity index (χ0n) is 7.81. The van der Waals surface area contributed by atoms with E-state index in [0.29, 0.717) is 6.54 Å². The molecule has 0 aliphatic heterocycles. The average molecular weight is 179 g/mol. The molecule has 0 aromatic heterocycles. The molecular formula is C11H14FN. The van der Waals surface area contributed by atoms with Crippen molar-refractivity contribution in [2.45, 2.75) is 31.8 Å². The standard InChI is InChI=1S/C11H14FN/c1-11(6-7-11)13-8-9-4-2-3-5-10(9)12/h2-5,13H,6-8H2,1H3. The van der Waals surface area contributed by atoms with E-state index in [-0.39, 0.29) is 11.4 Å². The fourth-order valence-corrected chi connectivity index (χ4v) is 1.31. The van der Waals surface area contributed by atoms with Crippen LogP contribution in [0.15, 0.2) is 24.3 Å². The van der Waals surface area contributed by atoms with Crippen LogP contribution in [0.5, 0.6) is 0 Å². The van der Waals surface area contributed by atoms with Crippen LogP contribution in [0.4, 0.5) is 4.39 Å². The second kappa shape index (κ2) is 3.11. The zero-order valence-corrected chi connectivity index (χ0v) is 7.81. The molecule has 0 radical (unpaired) electrons. The third kappa shape index (κ3) is 2.07. The third-order valence-electron chi connectivity index (χ3n) is 2.66. The van der Waals surface area contributed by atoms with Crippen LogP contribution >= 0.6 is 0 Å². The van der Waals surface area contributed by atoms with Gasteiger partial charge in [-0.15, -0.1) is 0 Å². The van der Waals surface area contributed by atoms with E-state index < -0.39 is 0 Å². The number of hydrogen-bond donors (Lipinski definition) is 1. The van der Waals surface area contributed by atoms with E-state index in [1.54, 1.807) is 6.07 Å². The normalized spacial score (nSPS) is 18.6. The quantitative estimate of drug-likeness (QED) is 0.751. The van der Waals surface area contributed by atoms with E-state index in [0.717, 1.165) is 5.56 Å². The molecule has 1 N–H and O–H groups in total. The maximum Gasteiger partial charge on any atom is 0.127 e. The second-order valence-corrected chi connectivity index (χ2v) is 4.01. The first-order valence-electron chi connectivity index (χ1n) is 4.68. The van der Waals surface area contributed by atoms with Crippen molar-refractivity contribution in [1.82, 2.24) is 5.32 Å². The predicted molar refractivity (Wildman–Crippen MR) is 50.9 cm³/mol. The lowest BCUT2D eigenvalue weighted by atomic mass is 10.2. The van der Waals surface area contributed by atoms with E-state index in [9.17, 15) is 4.39 Å². The lowest BCUT2D eigenvalue weighted by Crippen LogP contribution is -2.27. The van der Waals surface area contributed by atoms with Crippen LogP contribution in [0.3, 0.4) is 0 Å². The van der Waals surface area contributed by atoms with Gasteiger partial charge < -0.3 is 5.32 Å². The average Bonchev–Trinajstić information content (AvgIpc) is 2.83. The van der Waals surface area contributed by atoms with E-state index in [1.807, 2.05) is 12.1 Å². The largest absolute Gasteiger partial charge is 0.307 e. The Labute approximate surface area is 78.0 Å².